The van der Waals surface area contributed by atoms with Crippen LogP contribution in [0, 0.1) is 5.92 Å². The van der Waals surface area contributed by atoms with Gasteiger partial charge in [-0.3, -0.25) is 4.79 Å². The molecule has 0 aromatic heterocycles. The number of hydrogen-bond acceptors (Lipinski definition) is 2. The Bertz CT molecular complexity index is 382. The normalized spacial score (nSPS) is 12.7. The first-order valence-electron chi connectivity index (χ1n) is 6.86. The molecule has 0 saturated carbocycles. The zero-order chi connectivity index (χ0) is 13.5. The average molecular weight is 247 g/mol. The van der Waals surface area contributed by atoms with Gasteiger partial charge in [0.05, 0.1) is 0 Å². The Labute approximate surface area is 111 Å². The zero-order valence-corrected chi connectivity index (χ0v) is 11.8. The lowest BCUT2D eigenvalue weighted by molar-refractivity contribution is 0.0979. The molecule has 1 atom stereocenters. The number of carbonyl (C=O) groups excluding carboxylic acids is 1. The van der Waals surface area contributed by atoms with E-state index in [1.807, 2.05) is 25.1 Å². The molecule has 18 heavy (non-hydrogen) atoms. The Balaban J connectivity index is 2.57. The summed E-state index contributed by atoms with van der Waals surface area (Å²) >= 11 is 0. The lowest BCUT2D eigenvalue weighted by Crippen LogP contribution is -2.14. The maximum absolute atomic E-state index is 12.0. The van der Waals surface area contributed by atoms with Crippen molar-refractivity contribution in [3.8, 4) is 0 Å². The van der Waals surface area contributed by atoms with Crippen LogP contribution >= 0.6 is 0 Å². The van der Waals surface area contributed by atoms with E-state index in [1.165, 1.54) is 5.56 Å². The predicted octanol–water partition coefficient (Wildman–Crippen LogP) is 3.59. The molecule has 0 aliphatic heterocycles. The van der Waals surface area contributed by atoms with Gasteiger partial charge in [0, 0.05) is 18.0 Å². The van der Waals surface area contributed by atoms with Crippen LogP contribution in [0.2, 0.25) is 0 Å². The number of ketones is 1. The molecule has 0 heterocycles. The second-order valence-corrected chi connectivity index (χ2v) is 5.59. The van der Waals surface area contributed by atoms with Crippen molar-refractivity contribution in [2.24, 2.45) is 11.7 Å². The van der Waals surface area contributed by atoms with Crippen molar-refractivity contribution in [1.82, 2.24) is 0 Å². The first kappa shape index (κ1) is 14.9. The average Bonchev–Trinajstić information content (AvgIpc) is 2.27. The number of carbonyl (C=O) groups is 1. The minimum atomic E-state index is 0.185. The van der Waals surface area contributed by atoms with Crippen molar-refractivity contribution >= 4 is 5.78 Å². The van der Waals surface area contributed by atoms with Gasteiger partial charge < -0.3 is 5.73 Å². The molecule has 0 radical (unpaired) electrons. The molecular formula is C16H25NO. The summed E-state index contributed by atoms with van der Waals surface area (Å²) in [5, 5.41) is 0. The molecule has 0 bridgehead atoms. The number of nitrogens with two attached hydrogens (primary N) is 1. The summed E-state index contributed by atoms with van der Waals surface area (Å²) < 4.78 is 0. The number of Topliss-reactive ketones (excluding diaryl/α,β-unsaturated/α-hetero) is 1. The summed E-state index contributed by atoms with van der Waals surface area (Å²) in [4.78, 5) is 12.0. The van der Waals surface area contributed by atoms with Gasteiger partial charge in [-0.1, -0.05) is 32.0 Å². The summed E-state index contributed by atoms with van der Waals surface area (Å²) in [5.41, 5.74) is 7.78. The van der Waals surface area contributed by atoms with Crippen molar-refractivity contribution in [2.45, 2.75) is 52.5 Å². The van der Waals surface area contributed by atoms with E-state index in [0.29, 0.717) is 12.3 Å². The van der Waals surface area contributed by atoms with Gasteiger partial charge in [-0.15, -0.1) is 0 Å². The van der Waals surface area contributed by atoms with Gasteiger partial charge in [-0.25, -0.2) is 0 Å². The van der Waals surface area contributed by atoms with Crippen LogP contribution in [0.5, 0.6) is 0 Å². The quantitative estimate of drug-likeness (QED) is 0.748. The predicted molar refractivity (Wildman–Crippen MR) is 76.8 cm³/mol. The van der Waals surface area contributed by atoms with E-state index in [0.717, 1.165) is 24.8 Å². The molecule has 0 spiro atoms. The fourth-order valence-electron chi connectivity index (χ4n) is 2.07. The SMILES string of the molecule is CC(C)Cc1cccc(C(=O)CCCC(C)N)c1. The summed E-state index contributed by atoms with van der Waals surface area (Å²) in [7, 11) is 0. The van der Waals surface area contributed by atoms with Gasteiger partial charge in [0.15, 0.2) is 5.78 Å². The first-order valence-corrected chi connectivity index (χ1v) is 6.86. The molecule has 2 nitrogen and oxygen atoms in total. The number of hydrogen-bond donors (Lipinski definition) is 1. The molecule has 1 rings (SSSR count). The zero-order valence-electron chi connectivity index (χ0n) is 11.8. The van der Waals surface area contributed by atoms with Gasteiger partial charge in [0.1, 0.15) is 0 Å². The molecule has 0 fully saturated rings. The standard InChI is InChI=1S/C16H25NO/c1-12(2)10-14-7-5-8-15(11-14)16(18)9-4-6-13(3)17/h5,7-8,11-13H,4,6,9-10,17H2,1-3H3. The largest absolute Gasteiger partial charge is 0.328 e. The maximum atomic E-state index is 12.0. The van der Waals surface area contributed by atoms with Gasteiger partial charge in [-0.2, -0.15) is 0 Å². The third-order valence-electron chi connectivity index (χ3n) is 2.96. The lowest BCUT2D eigenvalue weighted by atomic mass is 9.98. The molecule has 0 aliphatic carbocycles. The molecule has 0 aliphatic rings. The van der Waals surface area contributed by atoms with Crippen molar-refractivity contribution in [3.63, 3.8) is 0 Å². The van der Waals surface area contributed by atoms with Crippen LogP contribution in [0.1, 0.15) is 56.0 Å². The Morgan fingerprint density at radius 3 is 2.61 bits per heavy atom. The van der Waals surface area contributed by atoms with E-state index < -0.39 is 0 Å². The van der Waals surface area contributed by atoms with Crippen LogP contribution in [0.25, 0.3) is 0 Å². The lowest BCUT2D eigenvalue weighted by Gasteiger charge is -2.08. The smallest absolute Gasteiger partial charge is 0.162 e. The number of rotatable bonds is 7. The molecule has 1 aromatic carbocycles. The molecule has 0 saturated heterocycles. The van der Waals surface area contributed by atoms with Gasteiger partial charge >= 0.3 is 0 Å². The van der Waals surface area contributed by atoms with E-state index in [9.17, 15) is 4.79 Å². The second kappa shape index (κ2) is 7.32. The fourth-order valence-corrected chi connectivity index (χ4v) is 2.07. The third-order valence-corrected chi connectivity index (χ3v) is 2.96. The monoisotopic (exact) mass is 247 g/mol. The van der Waals surface area contributed by atoms with Crippen molar-refractivity contribution < 1.29 is 4.79 Å². The number of benzene rings is 1. The van der Waals surface area contributed by atoms with Crippen LogP contribution < -0.4 is 5.73 Å². The maximum Gasteiger partial charge on any atom is 0.162 e. The Morgan fingerprint density at radius 2 is 2.00 bits per heavy atom. The Morgan fingerprint density at radius 1 is 1.28 bits per heavy atom. The first-order chi connectivity index (χ1) is 8.49. The highest BCUT2D eigenvalue weighted by atomic mass is 16.1. The fraction of sp³-hybridized carbons (Fsp3) is 0.562. The van der Waals surface area contributed by atoms with Gasteiger partial charge in [-0.05, 0) is 43.7 Å². The minimum absolute atomic E-state index is 0.185. The van der Waals surface area contributed by atoms with Crippen LogP contribution in [0.3, 0.4) is 0 Å². The molecule has 1 unspecified atom stereocenters. The third kappa shape index (κ3) is 5.46. The Kier molecular flexibility index (Phi) is 6.06. The summed E-state index contributed by atoms with van der Waals surface area (Å²) in [6, 6.07) is 8.21. The molecular weight excluding hydrogens is 222 g/mol. The van der Waals surface area contributed by atoms with E-state index in [4.69, 9.17) is 5.73 Å². The van der Waals surface area contributed by atoms with Gasteiger partial charge in [0.25, 0.3) is 0 Å². The highest BCUT2D eigenvalue weighted by Crippen LogP contribution is 2.13. The van der Waals surface area contributed by atoms with Gasteiger partial charge in [0.2, 0.25) is 0 Å². The molecule has 100 valence electrons. The highest BCUT2D eigenvalue weighted by Gasteiger charge is 2.07. The Hall–Kier alpha value is -1.15. The van der Waals surface area contributed by atoms with Crippen molar-refractivity contribution in [2.75, 3.05) is 0 Å². The molecule has 2 heteroatoms. The van der Waals surface area contributed by atoms with E-state index in [2.05, 4.69) is 19.9 Å². The van der Waals surface area contributed by atoms with Crippen LogP contribution in [-0.4, -0.2) is 11.8 Å². The van der Waals surface area contributed by atoms with Crippen LogP contribution in [0.15, 0.2) is 24.3 Å². The summed E-state index contributed by atoms with van der Waals surface area (Å²) in [5.74, 6) is 0.856. The topological polar surface area (TPSA) is 43.1 Å². The van der Waals surface area contributed by atoms with Crippen molar-refractivity contribution in [3.05, 3.63) is 35.4 Å². The molecule has 1 aromatic rings. The van der Waals surface area contributed by atoms with Crippen molar-refractivity contribution in [1.29, 1.82) is 0 Å². The van der Waals surface area contributed by atoms with E-state index in [1.54, 1.807) is 0 Å². The van der Waals surface area contributed by atoms with E-state index in [-0.39, 0.29) is 11.8 Å². The van der Waals surface area contributed by atoms with E-state index >= 15 is 0 Å². The van der Waals surface area contributed by atoms with Crippen LogP contribution in [0.4, 0.5) is 0 Å². The second-order valence-electron chi connectivity index (χ2n) is 5.59. The molecule has 2 N–H and O–H groups in total. The minimum Gasteiger partial charge on any atom is -0.328 e. The summed E-state index contributed by atoms with van der Waals surface area (Å²) in [6.45, 7) is 6.36. The highest BCUT2D eigenvalue weighted by molar-refractivity contribution is 5.96. The summed E-state index contributed by atoms with van der Waals surface area (Å²) in [6.07, 6.45) is 3.43. The van der Waals surface area contributed by atoms with Crippen LogP contribution in [-0.2, 0) is 6.42 Å². The molecule has 0 amide bonds.